The minimum Gasteiger partial charge on any atom is -0.328 e. The van der Waals surface area contributed by atoms with Crippen LogP contribution in [0.2, 0.25) is 0 Å². The molecule has 0 fully saturated rings. The first-order valence-electron chi connectivity index (χ1n) is 9.64. The summed E-state index contributed by atoms with van der Waals surface area (Å²) in [4.78, 5) is 17.0. The average Bonchev–Trinajstić information content (AvgIpc) is 3.11. The van der Waals surface area contributed by atoms with Crippen molar-refractivity contribution >= 4 is 22.6 Å². The summed E-state index contributed by atoms with van der Waals surface area (Å²) < 4.78 is 2.28. The van der Waals surface area contributed by atoms with Crippen LogP contribution >= 0.6 is 0 Å². The molecule has 140 valence electrons. The monoisotopic (exact) mass is 369 g/mol. The number of nitrogens with zero attached hydrogens (tertiary/aromatic N) is 2. The number of fused-ring (bicyclic) bond motifs is 1. The molecule has 1 N–H and O–H groups in total. The Hall–Kier alpha value is -3.40. The van der Waals surface area contributed by atoms with Crippen LogP contribution in [0.4, 0.5) is 5.69 Å². The lowest BCUT2D eigenvalue weighted by Gasteiger charge is -2.08. The zero-order chi connectivity index (χ0) is 19.3. The Kier molecular flexibility index (Phi) is 5.20. The Balaban J connectivity index is 1.42. The summed E-state index contributed by atoms with van der Waals surface area (Å²) >= 11 is 0. The first-order valence-corrected chi connectivity index (χ1v) is 9.64. The maximum Gasteiger partial charge on any atom is 0.255 e. The highest BCUT2D eigenvalue weighted by Gasteiger charge is 2.09. The molecule has 1 amide bonds. The maximum atomic E-state index is 12.2. The predicted molar refractivity (Wildman–Crippen MR) is 114 cm³/mol. The lowest BCUT2D eigenvalue weighted by Crippen LogP contribution is -2.11. The minimum absolute atomic E-state index is 0.0926. The number of hydrogen-bond donors (Lipinski definition) is 1. The Labute approximate surface area is 164 Å². The quantitative estimate of drug-likeness (QED) is 0.514. The number of aromatic nitrogens is 2. The first kappa shape index (κ1) is 18.0. The van der Waals surface area contributed by atoms with E-state index in [1.54, 1.807) is 0 Å². The highest BCUT2D eigenvalue weighted by atomic mass is 16.1. The summed E-state index contributed by atoms with van der Waals surface area (Å²) in [6.07, 6.45) is 1.80. The molecule has 0 saturated carbocycles. The van der Waals surface area contributed by atoms with Crippen LogP contribution in [0, 0.1) is 0 Å². The van der Waals surface area contributed by atoms with E-state index in [1.165, 1.54) is 11.1 Å². The molecule has 0 saturated heterocycles. The van der Waals surface area contributed by atoms with E-state index in [2.05, 4.69) is 47.1 Å². The lowest BCUT2D eigenvalue weighted by molar-refractivity contribution is 0.102. The number of rotatable bonds is 6. The number of carbonyl (C=O) groups excluding carboxylic acids is 1. The van der Waals surface area contributed by atoms with Gasteiger partial charge in [0.25, 0.3) is 5.91 Å². The number of nitrogens with one attached hydrogen (secondary N) is 1. The van der Waals surface area contributed by atoms with Gasteiger partial charge in [0.15, 0.2) is 0 Å². The molecule has 3 aromatic carbocycles. The number of para-hydroxylation sites is 2. The van der Waals surface area contributed by atoms with Crippen molar-refractivity contribution in [2.45, 2.75) is 26.3 Å². The number of aryl methyl sites for hydroxylation is 3. The number of amides is 1. The van der Waals surface area contributed by atoms with Crippen molar-refractivity contribution in [2.75, 3.05) is 5.32 Å². The standard InChI is InChI=1S/C24H23N3O/c1-2-27-22-11-7-6-10-21(22)26-23(27)17-14-18-12-15-20(16-13-18)25-24(28)19-8-4-3-5-9-19/h3-13,15-16H,2,14,17H2,1H3,(H,25,28). The third-order valence-electron chi connectivity index (χ3n) is 4.93. The molecule has 0 radical (unpaired) electrons. The molecule has 0 spiro atoms. The van der Waals surface area contributed by atoms with Gasteiger partial charge in [-0.1, -0.05) is 42.5 Å². The number of hydrogen-bond acceptors (Lipinski definition) is 2. The van der Waals surface area contributed by atoms with E-state index >= 15 is 0 Å². The SMILES string of the molecule is CCn1c(CCc2ccc(NC(=O)c3ccccc3)cc2)nc2ccccc21. The van der Waals surface area contributed by atoms with Crippen LogP contribution in [0.25, 0.3) is 11.0 Å². The summed E-state index contributed by atoms with van der Waals surface area (Å²) in [5.41, 5.74) is 4.94. The van der Waals surface area contributed by atoms with Gasteiger partial charge in [-0.15, -0.1) is 0 Å². The van der Waals surface area contributed by atoms with Crippen molar-refractivity contribution < 1.29 is 4.79 Å². The molecule has 0 aliphatic carbocycles. The molecular formula is C24H23N3O. The van der Waals surface area contributed by atoms with Gasteiger partial charge in [-0.25, -0.2) is 4.98 Å². The molecule has 1 aromatic heterocycles. The molecule has 4 heteroatoms. The third-order valence-corrected chi connectivity index (χ3v) is 4.93. The predicted octanol–water partition coefficient (Wildman–Crippen LogP) is 5.09. The van der Waals surface area contributed by atoms with E-state index in [0.717, 1.165) is 36.4 Å². The zero-order valence-corrected chi connectivity index (χ0v) is 15.9. The number of carbonyl (C=O) groups is 1. The second kappa shape index (κ2) is 8.09. The molecule has 0 atom stereocenters. The minimum atomic E-state index is -0.0926. The van der Waals surface area contributed by atoms with Crippen molar-refractivity contribution in [2.24, 2.45) is 0 Å². The fourth-order valence-corrected chi connectivity index (χ4v) is 3.47. The van der Waals surface area contributed by atoms with Gasteiger partial charge in [0.1, 0.15) is 5.82 Å². The van der Waals surface area contributed by atoms with E-state index in [0.29, 0.717) is 5.56 Å². The molecule has 4 rings (SSSR count). The van der Waals surface area contributed by atoms with Crippen LogP contribution in [-0.2, 0) is 19.4 Å². The summed E-state index contributed by atoms with van der Waals surface area (Å²) in [5, 5.41) is 2.94. The van der Waals surface area contributed by atoms with E-state index in [1.807, 2.05) is 48.5 Å². The number of benzene rings is 3. The van der Waals surface area contributed by atoms with Crippen molar-refractivity contribution in [1.82, 2.24) is 9.55 Å². The van der Waals surface area contributed by atoms with Crippen LogP contribution in [-0.4, -0.2) is 15.5 Å². The fourth-order valence-electron chi connectivity index (χ4n) is 3.47. The molecular weight excluding hydrogens is 346 g/mol. The number of anilines is 1. The van der Waals surface area contributed by atoms with Gasteiger partial charge in [0.2, 0.25) is 0 Å². The van der Waals surface area contributed by atoms with Gasteiger partial charge in [-0.05, 0) is 55.3 Å². The Morgan fingerprint density at radius 2 is 1.61 bits per heavy atom. The van der Waals surface area contributed by atoms with Crippen molar-refractivity contribution in [3.8, 4) is 0 Å². The second-order valence-corrected chi connectivity index (χ2v) is 6.78. The van der Waals surface area contributed by atoms with Crippen LogP contribution in [0.1, 0.15) is 28.7 Å². The van der Waals surface area contributed by atoms with Crippen LogP contribution in [0.5, 0.6) is 0 Å². The molecule has 4 nitrogen and oxygen atoms in total. The molecule has 1 heterocycles. The summed E-state index contributed by atoms with van der Waals surface area (Å²) in [6, 6.07) is 25.6. The van der Waals surface area contributed by atoms with E-state index in [4.69, 9.17) is 4.98 Å². The summed E-state index contributed by atoms with van der Waals surface area (Å²) in [5.74, 6) is 1.02. The molecule has 4 aromatic rings. The average molecular weight is 369 g/mol. The number of imidazole rings is 1. The second-order valence-electron chi connectivity index (χ2n) is 6.78. The smallest absolute Gasteiger partial charge is 0.255 e. The van der Waals surface area contributed by atoms with Crippen molar-refractivity contribution in [3.05, 3.63) is 95.8 Å². The van der Waals surface area contributed by atoms with Crippen LogP contribution < -0.4 is 5.32 Å². The summed E-state index contributed by atoms with van der Waals surface area (Å²) in [6.45, 7) is 3.07. The molecule has 0 unspecified atom stereocenters. The van der Waals surface area contributed by atoms with Gasteiger partial charge >= 0.3 is 0 Å². The lowest BCUT2D eigenvalue weighted by atomic mass is 10.1. The van der Waals surface area contributed by atoms with Gasteiger partial charge in [-0.3, -0.25) is 4.79 Å². The van der Waals surface area contributed by atoms with Gasteiger partial charge < -0.3 is 9.88 Å². The van der Waals surface area contributed by atoms with Gasteiger partial charge in [0.05, 0.1) is 11.0 Å². The maximum absolute atomic E-state index is 12.2. The highest BCUT2D eigenvalue weighted by molar-refractivity contribution is 6.04. The highest BCUT2D eigenvalue weighted by Crippen LogP contribution is 2.18. The fraction of sp³-hybridized carbons (Fsp3) is 0.167. The van der Waals surface area contributed by atoms with Crippen molar-refractivity contribution in [3.63, 3.8) is 0 Å². The van der Waals surface area contributed by atoms with Crippen LogP contribution in [0.3, 0.4) is 0 Å². The Bertz CT molecular complexity index is 1080. The molecule has 0 aliphatic heterocycles. The molecule has 28 heavy (non-hydrogen) atoms. The topological polar surface area (TPSA) is 46.9 Å². The molecule has 0 aliphatic rings. The normalized spacial score (nSPS) is 10.9. The largest absolute Gasteiger partial charge is 0.328 e. The van der Waals surface area contributed by atoms with Gasteiger partial charge in [-0.2, -0.15) is 0 Å². The van der Waals surface area contributed by atoms with Gasteiger partial charge in [0, 0.05) is 24.2 Å². The first-order chi connectivity index (χ1) is 13.7. The Morgan fingerprint density at radius 3 is 2.36 bits per heavy atom. The summed E-state index contributed by atoms with van der Waals surface area (Å²) in [7, 11) is 0. The molecule has 0 bridgehead atoms. The van der Waals surface area contributed by atoms with E-state index in [-0.39, 0.29) is 5.91 Å². The van der Waals surface area contributed by atoms with E-state index < -0.39 is 0 Å². The van der Waals surface area contributed by atoms with Crippen molar-refractivity contribution in [1.29, 1.82) is 0 Å². The Morgan fingerprint density at radius 1 is 0.893 bits per heavy atom. The van der Waals surface area contributed by atoms with E-state index in [9.17, 15) is 4.79 Å². The zero-order valence-electron chi connectivity index (χ0n) is 15.9. The van der Waals surface area contributed by atoms with Crippen LogP contribution in [0.15, 0.2) is 78.9 Å². The third kappa shape index (κ3) is 3.81.